The summed E-state index contributed by atoms with van der Waals surface area (Å²) in [5, 5.41) is 4.20. The Morgan fingerprint density at radius 1 is 1.22 bits per heavy atom. The molecule has 0 spiro atoms. The molecular weight excluding hydrogens is 313 g/mol. The fourth-order valence-electron chi connectivity index (χ4n) is 1.21. The van der Waals surface area contributed by atoms with Crippen molar-refractivity contribution in [3.8, 4) is 0 Å². The Bertz CT molecular complexity index is 426. The first-order chi connectivity index (χ1) is 8.54. The molecule has 0 aromatic heterocycles. The van der Waals surface area contributed by atoms with Crippen molar-refractivity contribution in [2.75, 3.05) is 12.3 Å². The van der Waals surface area contributed by atoms with Gasteiger partial charge in [-0.3, -0.25) is 4.79 Å². The molecular formula is C12H14Cl3NOS. The number of halogens is 3. The average molecular weight is 327 g/mol. The molecule has 0 heterocycles. The molecule has 0 atom stereocenters. The number of nitrogens with one attached hydrogen (secondary N) is 1. The van der Waals surface area contributed by atoms with E-state index in [1.54, 1.807) is 12.1 Å². The van der Waals surface area contributed by atoms with Crippen LogP contribution in [0.25, 0.3) is 0 Å². The number of thioether (sulfide) groups is 1. The molecule has 0 aliphatic rings. The zero-order valence-corrected chi connectivity index (χ0v) is 13.0. The number of rotatable bonds is 6. The van der Waals surface area contributed by atoms with Crippen LogP contribution in [-0.4, -0.2) is 18.2 Å². The number of hydrogen-bond donors (Lipinski definition) is 1. The monoisotopic (exact) mass is 325 g/mol. The second-order valence-corrected chi connectivity index (χ2v) is 5.93. The number of carbonyl (C=O) groups excluding carboxylic acids is 1. The first kappa shape index (κ1) is 16.0. The van der Waals surface area contributed by atoms with E-state index in [9.17, 15) is 4.79 Å². The van der Waals surface area contributed by atoms with Gasteiger partial charge >= 0.3 is 0 Å². The lowest BCUT2D eigenvalue weighted by molar-refractivity contribution is -0.118. The number of hydrogen-bond acceptors (Lipinski definition) is 2. The minimum absolute atomic E-state index is 0.00408. The van der Waals surface area contributed by atoms with Gasteiger partial charge in [0.15, 0.2) is 0 Å². The lowest BCUT2D eigenvalue weighted by Crippen LogP contribution is -2.25. The molecule has 6 heteroatoms. The van der Waals surface area contributed by atoms with Crippen LogP contribution in [0.3, 0.4) is 0 Å². The second kappa shape index (κ2) is 8.16. The Balaban J connectivity index is 2.48. The van der Waals surface area contributed by atoms with Crippen molar-refractivity contribution in [3.05, 3.63) is 27.2 Å². The number of carbonyl (C=O) groups is 1. The van der Waals surface area contributed by atoms with E-state index < -0.39 is 0 Å². The predicted octanol–water partition coefficient (Wildman–Crippen LogP) is 4.66. The van der Waals surface area contributed by atoms with Crippen LogP contribution in [0.15, 0.2) is 17.0 Å². The van der Waals surface area contributed by atoms with Crippen LogP contribution in [0.2, 0.25) is 15.1 Å². The maximum atomic E-state index is 11.5. The molecule has 1 amide bonds. The average Bonchev–Trinajstić information content (AvgIpc) is 2.32. The van der Waals surface area contributed by atoms with Crippen molar-refractivity contribution < 1.29 is 4.79 Å². The summed E-state index contributed by atoms with van der Waals surface area (Å²) in [5.74, 6) is 0.317. The van der Waals surface area contributed by atoms with Gasteiger partial charge < -0.3 is 5.32 Å². The first-order valence-corrected chi connectivity index (χ1v) is 7.70. The molecule has 100 valence electrons. The van der Waals surface area contributed by atoms with Gasteiger partial charge in [-0.05, 0) is 18.6 Å². The summed E-state index contributed by atoms with van der Waals surface area (Å²) < 4.78 is 0. The van der Waals surface area contributed by atoms with Crippen LogP contribution in [0.1, 0.15) is 19.8 Å². The predicted molar refractivity (Wildman–Crippen MR) is 80.1 cm³/mol. The fraction of sp³-hybridized carbons (Fsp3) is 0.417. The van der Waals surface area contributed by atoms with Crippen molar-refractivity contribution in [2.45, 2.75) is 24.7 Å². The molecule has 1 rings (SSSR count). The van der Waals surface area contributed by atoms with Gasteiger partial charge in [0, 0.05) is 11.4 Å². The topological polar surface area (TPSA) is 29.1 Å². The van der Waals surface area contributed by atoms with E-state index in [-0.39, 0.29) is 5.91 Å². The number of amides is 1. The van der Waals surface area contributed by atoms with Gasteiger partial charge in [0.25, 0.3) is 0 Å². The molecule has 0 aliphatic heterocycles. The van der Waals surface area contributed by atoms with Gasteiger partial charge in [0.2, 0.25) is 5.91 Å². The molecule has 0 aliphatic carbocycles. The van der Waals surface area contributed by atoms with E-state index in [2.05, 4.69) is 12.2 Å². The third-order valence-corrected chi connectivity index (χ3v) is 4.39. The Morgan fingerprint density at radius 2 is 1.89 bits per heavy atom. The summed E-state index contributed by atoms with van der Waals surface area (Å²) in [6.07, 6.45) is 2.05. The van der Waals surface area contributed by atoms with E-state index in [0.717, 1.165) is 17.7 Å². The maximum absolute atomic E-state index is 11.5. The van der Waals surface area contributed by atoms with Crippen LogP contribution in [0.4, 0.5) is 0 Å². The summed E-state index contributed by atoms with van der Waals surface area (Å²) >= 11 is 19.1. The van der Waals surface area contributed by atoms with Crippen molar-refractivity contribution in [1.82, 2.24) is 5.32 Å². The van der Waals surface area contributed by atoms with Gasteiger partial charge in [-0.1, -0.05) is 48.1 Å². The molecule has 1 aromatic rings. The lowest BCUT2D eigenvalue weighted by atomic mass is 10.3. The standard InChI is InChI=1S/C12H14Cl3NOS/c1-2-3-4-16-12(17)7-18-11-6-9(14)8(13)5-10(11)15/h5-6H,2-4,7H2,1H3,(H,16,17). The molecule has 0 radical (unpaired) electrons. The highest BCUT2D eigenvalue weighted by molar-refractivity contribution is 8.00. The zero-order chi connectivity index (χ0) is 13.5. The van der Waals surface area contributed by atoms with Crippen molar-refractivity contribution in [3.63, 3.8) is 0 Å². The van der Waals surface area contributed by atoms with Crippen molar-refractivity contribution >= 4 is 52.5 Å². The van der Waals surface area contributed by atoms with Crippen LogP contribution < -0.4 is 5.32 Å². The summed E-state index contributed by atoms with van der Waals surface area (Å²) in [4.78, 5) is 12.3. The first-order valence-electron chi connectivity index (χ1n) is 5.58. The van der Waals surface area contributed by atoms with E-state index in [1.165, 1.54) is 11.8 Å². The highest BCUT2D eigenvalue weighted by atomic mass is 35.5. The van der Waals surface area contributed by atoms with Crippen LogP contribution in [0, 0.1) is 0 Å². The van der Waals surface area contributed by atoms with Gasteiger partial charge in [0.05, 0.1) is 20.8 Å². The molecule has 0 fully saturated rings. The SMILES string of the molecule is CCCCNC(=O)CSc1cc(Cl)c(Cl)cc1Cl. The Kier molecular flexibility index (Phi) is 7.23. The summed E-state index contributed by atoms with van der Waals surface area (Å²) in [7, 11) is 0. The third-order valence-electron chi connectivity index (χ3n) is 2.19. The van der Waals surface area contributed by atoms with Crippen molar-refractivity contribution in [1.29, 1.82) is 0 Å². The molecule has 0 saturated carbocycles. The van der Waals surface area contributed by atoms with Gasteiger partial charge in [-0.2, -0.15) is 0 Å². The Hall–Kier alpha value is -0.0900. The third kappa shape index (κ3) is 5.27. The van der Waals surface area contributed by atoms with Crippen LogP contribution >= 0.6 is 46.6 Å². The van der Waals surface area contributed by atoms with Crippen LogP contribution in [-0.2, 0) is 4.79 Å². The van der Waals surface area contributed by atoms with E-state index in [4.69, 9.17) is 34.8 Å². The molecule has 0 bridgehead atoms. The minimum Gasteiger partial charge on any atom is -0.355 e. The molecule has 0 saturated heterocycles. The molecule has 0 unspecified atom stereocenters. The highest BCUT2D eigenvalue weighted by Gasteiger charge is 2.08. The zero-order valence-electron chi connectivity index (χ0n) is 9.93. The molecule has 1 aromatic carbocycles. The van der Waals surface area contributed by atoms with Crippen LogP contribution in [0.5, 0.6) is 0 Å². The highest BCUT2D eigenvalue weighted by Crippen LogP contribution is 2.34. The smallest absolute Gasteiger partial charge is 0.230 e. The van der Waals surface area contributed by atoms with E-state index in [0.29, 0.717) is 27.4 Å². The molecule has 2 nitrogen and oxygen atoms in total. The Morgan fingerprint density at radius 3 is 2.56 bits per heavy atom. The Labute approximate surface area is 126 Å². The van der Waals surface area contributed by atoms with E-state index in [1.807, 2.05) is 0 Å². The molecule has 18 heavy (non-hydrogen) atoms. The maximum Gasteiger partial charge on any atom is 0.230 e. The summed E-state index contributed by atoms with van der Waals surface area (Å²) in [6.45, 7) is 2.79. The van der Waals surface area contributed by atoms with Gasteiger partial charge in [-0.25, -0.2) is 0 Å². The second-order valence-electron chi connectivity index (χ2n) is 3.69. The van der Waals surface area contributed by atoms with Gasteiger partial charge in [-0.15, -0.1) is 11.8 Å². The van der Waals surface area contributed by atoms with Gasteiger partial charge in [0.1, 0.15) is 0 Å². The minimum atomic E-state index is -0.00408. The van der Waals surface area contributed by atoms with Crippen molar-refractivity contribution in [2.24, 2.45) is 0 Å². The normalized spacial score (nSPS) is 10.4. The number of benzene rings is 1. The van der Waals surface area contributed by atoms with E-state index >= 15 is 0 Å². The number of unbranched alkanes of at least 4 members (excludes halogenated alkanes) is 1. The quantitative estimate of drug-likeness (QED) is 0.468. The fourth-order valence-corrected chi connectivity index (χ4v) is 2.78. The lowest BCUT2D eigenvalue weighted by Gasteiger charge is -2.07. The molecule has 1 N–H and O–H groups in total. The summed E-state index contributed by atoms with van der Waals surface area (Å²) in [6, 6.07) is 3.26. The summed E-state index contributed by atoms with van der Waals surface area (Å²) in [5.41, 5.74) is 0. The largest absolute Gasteiger partial charge is 0.355 e.